The fourth-order valence-electron chi connectivity index (χ4n) is 5.59. The monoisotopic (exact) mass is 537 g/mol. The van der Waals surface area contributed by atoms with Gasteiger partial charge in [0.25, 0.3) is 0 Å². The molecule has 0 spiro atoms. The number of fused-ring (bicyclic) bond motifs is 1. The Balaban J connectivity index is 0.929. The van der Waals surface area contributed by atoms with Gasteiger partial charge in [0.1, 0.15) is 5.82 Å². The molecule has 12 heteroatoms. The highest BCUT2D eigenvalue weighted by molar-refractivity contribution is 7.19. The van der Waals surface area contributed by atoms with Crippen molar-refractivity contribution in [2.75, 3.05) is 61.3 Å². The van der Waals surface area contributed by atoms with Crippen LogP contribution in [0.15, 0.2) is 30.5 Å². The first-order valence-electron chi connectivity index (χ1n) is 13.3. The quantitative estimate of drug-likeness (QED) is 0.448. The van der Waals surface area contributed by atoms with Crippen molar-refractivity contribution < 1.29 is 9.18 Å². The molecule has 2 aromatic heterocycles. The maximum Gasteiger partial charge on any atom is 0.240 e. The number of halogens is 1. The van der Waals surface area contributed by atoms with Crippen LogP contribution in [0.1, 0.15) is 29.5 Å². The van der Waals surface area contributed by atoms with Gasteiger partial charge in [-0.2, -0.15) is 5.10 Å². The highest BCUT2D eigenvalue weighted by atomic mass is 32.1. The first-order chi connectivity index (χ1) is 18.6. The normalized spacial score (nSPS) is 20.0. The first-order valence-corrected chi connectivity index (χ1v) is 14.1. The third-order valence-corrected chi connectivity index (χ3v) is 8.30. The summed E-state index contributed by atoms with van der Waals surface area (Å²) < 4.78 is 14.4. The van der Waals surface area contributed by atoms with Gasteiger partial charge >= 0.3 is 0 Å². The average Bonchev–Trinajstić information content (AvgIpc) is 3.68. The lowest BCUT2D eigenvalue weighted by Crippen LogP contribution is -2.48. The Hall–Kier alpha value is -3.22. The Kier molecular flexibility index (Phi) is 7.43. The molecule has 1 amide bonds. The van der Waals surface area contributed by atoms with E-state index in [1.165, 1.54) is 16.9 Å². The standard InChI is InChI=1S/C26H32FN9OS/c27-22-14-18(13-19-3-1-4-21(19)22)15-34-9-11-35(12-10-34)17-24(37)30-26-33-32-25(38-26)29-20-6-8-36(16-20)23-5-2-7-28-31-23/h2,5,7,13-14,20H,1,3-4,6,8-12,15-17H2,(H,29,32)(H,30,33,37)/t20-/m1/s1. The Bertz CT molecular complexity index is 1260. The predicted octanol–water partition coefficient (Wildman–Crippen LogP) is 2.40. The summed E-state index contributed by atoms with van der Waals surface area (Å²) in [6, 6.07) is 7.97. The van der Waals surface area contributed by atoms with Crippen LogP contribution in [0.4, 0.5) is 20.5 Å². The van der Waals surface area contributed by atoms with Crippen LogP contribution in [-0.2, 0) is 24.2 Å². The van der Waals surface area contributed by atoms with E-state index in [1.54, 1.807) is 12.3 Å². The number of aryl methyl sites for hydroxylation is 1. The number of anilines is 3. The molecule has 1 aliphatic carbocycles. The molecule has 2 saturated heterocycles. The lowest BCUT2D eigenvalue weighted by Gasteiger charge is -2.34. The van der Waals surface area contributed by atoms with Crippen molar-refractivity contribution in [3.8, 4) is 0 Å². The number of piperazine rings is 1. The predicted molar refractivity (Wildman–Crippen MR) is 145 cm³/mol. The van der Waals surface area contributed by atoms with E-state index in [0.717, 1.165) is 88.4 Å². The highest BCUT2D eigenvalue weighted by Gasteiger charge is 2.25. The van der Waals surface area contributed by atoms with E-state index in [-0.39, 0.29) is 17.8 Å². The second-order valence-corrected chi connectivity index (χ2v) is 11.2. The topological polar surface area (TPSA) is 102 Å². The summed E-state index contributed by atoms with van der Waals surface area (Å²) >= 11 is 1.35. The molecular weight excluding hydrogens is 505 g/mol. The zero-order valence-electron chi connectivity index (χ0n) is 21.3. The van der Waals surface area contributed by atoms with Gasteiger partial charge in [-0.15, -0.1) is 15.3 Å². The zero-order valence-corrected chi connectivity index (χ0v) is 22.1. The van der Waals surface area contributed by atoms with Gasteiger partial charge in [-0.25, -0.2) is 4.39 Å². The lowest BCUT2D eigenvalue weighted by molar-refractivity contribution is -0.117. The minimum Gasteiger partial charge on any atom is -0.355 e. The maximum atomic E-state index is 14.4. The van der Waals surface area contributed by atoms with Crippen molar-refractivity contribution in [1.82, 2.24) is 30.2 Å². The van der Waals surface area contributed by atoms with Crippen LogP contribution >= 0.6 is 11.3 Å². The summed E-state index contributed by atoms with van der Waals surface area (Å²) in [7, 11) is 0. The van der Waals surface area contributed by atoms with Crippen molar-refractivity contribution in [2.45, 2.75) is 38.3 Å². The van der Waals surface area contributed by atoms with Gasteiger partial charge in [-0.3, -0.25) is 19.9 Å². The molecule has 0 saturated carbocycles. The highest BCUT2D eigenvalue weighted by Crippen LogP contribution is 2.27. The molecule has 1 aromatic carbocycles. The summed E-state index contributed by atoms with van der Waals surface area (Å²) in [5, 5.41) is 24.0. The molecule has 38 heavy (non-hydrogen) atoms. The molecule has 6 rings (SSSR count). The summed E-state index contributed by atoms with van der Waals surface area (Å²) in [5.74, 6) is 0.740. The number of amides is 1. The SMILES string of the molecule is O=C(CN1CCN(Cc2cc(F)c3c(c2)CCC3)CC1)Nc1nnc(N[C@@H]2CCN(c3cccnn3)C2)s1. The van der Waals surface area contributed by atoms with E-state index < -0.39 is 0 Å². The summed E-state index contributed by atoms with van der Waals surface area (Å²) in [6.07, 6.45) is 5.53. The molecule has 10 nitrogen and oxygen atoms in total. The Labute approximate surface area is 225 Å². The molecule has 0 unspecified atom stereocenters. The summed E-state index contributed by atoms with van der Waals surface area (Å²) in [4.78, 5) is 19.3. The summed E-state index contributed by atoms with van der Waals surface area (Å²) in [6.45, 7) is 6.09. The minimum atomic E-state index is -0.0865. The van der Waals surface area contributed by atoms with Crippen LogP contribution < -0.4 is 15.5 Å². The average molecular weight is 538 g/mol. The number of rotatable bonds is 8. The van der Waals surface area contributed by atoms with Gasteiger partial charge in [0, 0.05) is 58.1 Å². The number of benzene rings is 1. The van der Waals surface area contributed by atoms with Crippen molar-refractivity contribution >= 4 is 33.3 Å². The Morgan fingerprint density at radius 1 is 1.05 bits per heavy atom. The number of hydrogen-bond donors (Lipinski definition) is 2. The van der Waals surface area contributed by atoms with Crippen LogP contribution in [0.2, 0.25) is 0 Å². The molecule has 1 atom stereocenters. The third kappa shape index (κ3) is 5.92. The Morgan fingerprint density at radius 2 is 1.89 bits per heavy atom. The van der Waals surface area contributed by atoms with E-state index >= 15 is 0 Å². The van der Waals surface area contributed by atoms with E-state index in [4.69, 9.17) is 0 Å². The number of nitrogens with zero attached hydrogens (tertiary/aromatic N) is 7. The van der Waals surface area contributed by atoms with Crippen molar-refractivity contribution in [3.63, 3.8) is 0 Å². The molecule has 4 heterocycles. The molecule has 2 aliphatic heterocycles. The van der Waals surface area contributed by atoms with Crippen LogP contribution in [0.5, 0.6) is 0 Å². The van der Waals surface area contributed by atoms with Gasteiger partial charge in [-0.1, -0.05) is 17.4 Å². The smallest absolute Gasteiger partial charge is 0.240 e. The van der Waals surface area contributed by atoms with Crippen molar-refractivity contribution in [3.05, 3.63) is 53.0 Å². The van der Waals surface area contributed by atoms with Gasteiger partial charge in [0.15, 0.2) is 5.82 Å². The fraction of sp³-hybridized carbons (Fsp3) is 0.500. The van der Waals surface area contributed by atoms with Crippen LogP contribution in [-0.4, -0.2) is 88.0 Å². The first kappa shape index (κ1) is 25.1. The molecule has 2 fully saturated rings. The molecule has 200 valence electrons. The second kappa shape index (κ2) is 11.3. The zero-order chi connectivity index (χ0) is 25.9. The van der Waals surface area contributed by atoms with Crippen molar-refractivity contribution in [1.29, 1.82) is 0 Å². The van der Waals surface area contributed by atoms with Gasteiger partial charge in [0.05, 0.1) is 6.54 Å². The third-order valence-electron chi connectivity index (χ3n) is 7.53. The summed E-state index contributed by atoms with van der Waals surface area (Å²) in [5.41, 5.74) is 3.14. The number of hydrogen-bond acceptors (Lipinski definition) is 10. The second-order valence-electron chi connectivity index (χ2n) is 10.2. The number of nitrogens with one attached hydrogen (secondary N) is 2. The largest absolute Gasteiger partial charge is 0.355 e. The van der Waals surface area contributed by atoms with E-state index in [9.17, 15) is 9.18 Å². The molecule has 0 radical (unpaired) electrons. The number of carbonyl (C=O) groups is 1. The Morgan fingerprint density at radius 3 is 2.74 bits per heavy atom. The van der Waals surface area contributed by atoms with Gasteiger partial charge in [0.2, 0.25) is 16.2 Å². The van der Waals surface area contributed by atoms with Crippen molar-refractivity contribution in [2.24, 2.45) is 0 Å². The van der Waals surface area contributed by atoms with Crippen LogP contribution in [0.25, 0.3) is 0 Å². The maximum absolute atomic E-state index is 14.4. The lowest BCUT2D eigenvalue weighted by atomic mass is 10.0. The van der Waals surface area contributed by atoms with E-state index in [0.29, 0.717) is 16.8 Å². The van der Waals surface area contributed by atoms with Gasteiger partial charge < -0.3 is 10.2 Å². The molecule has 2 N–H and O–H groups in total. The van der Waals surface area contributed by atoms with E-state index in [1.807, 2.05) is 12.1 Å². The molecule has 0 bridgehead atoms. The van der Waals surface area contributed by atoms with Gasteiger partial charge in [-0.05, 0) is 60.6 Å². The van der Waals surface area contributed by atoms with E-state index in [2.05, 4.69) is 51.8 Å². The fourth-order valence-corrected chi connectivity index (χ4v) is 6.32. The van der Waals surface area contributed by atoms with Crippen LogP contribution in [0, 0.1) is 5.82 Å². The minimum absolute atomic E-state index is 0.0485. The molecule has 3 aromatic rings. The number of carbonyl (C=O) groups excluding carboxylic acids is 1. The number of aromatic nitrogens is 4. The van der Waals surface area contributed by atoms with Crippen LogP contribution in [0.3, 0.4) is 0 Å². The molecule has 3 aliphatic rings. The molecular formula is C26H32FN9OS.